The van der Waals surface area contributed by atoms with Crippen molar-refractivity contribution < 1.29 is 0 Å². The molecule has 3 rings (SSSR count). The van der Waals surface area contributed by atoms with Gasteiger partial charge in [0.25, 0.3) is 0 Å². The summed E-state index contributed by atoms with van der Waals surface area (Å²) in [5.74, 6) is 0.219. The lowest BCUT2D eigenvalue weighted by Crippen LogP contribution is -2.04. The minimum Gasteiger partial charge on any atom is -0.364 e. The quantitative estimate of drug-likeness (QED) is 0.708. The van der Waals surface area contributed by atoms with Crippen molar-refractivity contribution >= 4 is 15.9 Å². The molecular weight excluding hydrogens is 300 g/mol. The van der Waals surface area contributed by atoms with Crippen LogP contribution in [0.3, 0.4) is 0 Å². The number of aromatic amines is 2. The number of hydrogen-bond donors (Lipinski definition) is 2. The van der Waals surface area contributed by atoms with E-state index in [0.29, 0.717) is 0 Å². The van der Waals surface area contributed by atoms with Gasteiger partial charge in [0.05, 0.1) is 5.92 Å². The standard InChI is InChI=1S/C16H15BrN2/c1-11-10-12(6-7-13(11)17)16(14-4-2-8-18-14)15-5-3-9-19-15/h2-10,16,18-19H,1H3. The van der Waals surface area contributed by atoms with E-state index in [1.165, 1.54) is 22.5 Å². The Labute approximate surface area is 121 Å². The Bertz CT molecular complexity index is 620. The Balaban J connectivity index is 2.12. The molecule has 0 radical (unpaired) electrons. The summed E-state index contributed by atoms with van der Waals surface area (Å²) < 4.78 is 1.15. The Kier molecular flexibility index (Phi) is 3.30. The molecule has 0 spiro atoms. The minimum absolute atomic E-state index is 0.219. The number of rotatable bonds is 3. The van der Waals surface area contributed by atoms with E-state index >= 15 is 0 Å². The molecule has 2 heterocycles. The van der Waals surface area contributed by atoms with Crippen LogP contribution in [-0.2, 0) is 0 Å². The maximum absolute atomic E-state index is 3.56. The van der Waals surface area contributed by atoms with Gasteiger partial charge in [0.2, 0.25) is 0 Å². The first-order chi connectivity index (χ1) is 9.25. The lowest BCUT2D eigenvalue weighted by molar-refractivity contribution is 0.895. The summed E-state index contributed by atoms with van der Waals surface area (Å²) in [5.41, 5.74) is 4.93. The van der Waals surface area contributed by atoms with Crippen molar-refractivity contribution in [2.24, 2.45) is 0 Å². The molecule has 2 nitrogen and oxygen atoms in total. The smallest absolute Gasteiger partial charge is 0.0641 e. The number of nitrogens with one attached hydrogen (secondary N) is 2. The number of halogens is 1. The predicted molar refractivity (Wildman–Crippen MR) is 81.4 cm³/mol. The molecule has 0 aliphatic heterocycles. The fourth-order valence-corrected chi connectivity index (χ4v) is 2.67. The highest BCUT2D eigenvalue weighted by atomic mass is 79.9. The number of aromatic nitrogens is 2. The molecule has 2 N–H and O–H groups in total. The van der Waals surface area contributed by atoms with E-state index in [4.69, 9.17) is 0 Å². The van der Waals surface area contributed by atoms with E-state index in [1.807, 2.05) is 24.5 Å². The summed E-state index contributed by atoms with van der Waals surface area (Å²) >= 11 is 3.56. The van der Waals surface area contributed by atoms with E-state index in [2.05, 4.69) is 63.2 Å². The van der Waals surface area contributed by atoms with Gasteiger partial charge in [-0.3, -0.25) is 0 Å². The summed E-state index contributed by atoms with van der Waals surface area (Å²) in [4.78, 5) is 6.65. The molecule has 19 heavy (non-hydrogen) atoms. The van der Waals surface area contributed by atoms with Gasteiger partial charge in [0.1, 0.15) is 0 Å². The normalized spacial score (nSPS) is 11.1. The third-order valence-corrected chi connectivity index (χ3v) is 4.27. The Morgan fingerprint density at radius 3 is 2.05 bits per heavy atom. The third-order valence-electron chi connectivity index (χ3n) is 3.38. The Morgan fingerprint density at radius 1 is 0.947 bits per heavy atom. The van der Waals surface area contributed by atoms with E-state index in [-0.39, 0.29) is 5.92 Å². The molecule has 96 valence electrons. The van der Waals surface area contributed by atoms with E-state index in [9.17, 15) is 0 Å². The maximum atomic E-state index is 3.56. The summed E-state index contributed by atoms with van der Waals surface area (Å²) in [6.45, 7) is 2.12. The van der Waals surface area contributed by atoms with Crippen molar-refractivity contribution in [1.82, 2.24) is 9.97 Å². The van der Waals surface area contributed by atoms with Crippen molar-refractivity contribution in [3.63, 3.8) is 0 Å². The van der Waals surface area contributed by atoms with Crippen molar-refractivity contribution in [3.8, 4) is 0 Å². The van der Waals surface area contributed by atoms with Gasteiger partial charge < -0.3 is 9.97 Å². The number of aryl methyl sites for hydroxylation is 1. The molecule has 0 unspecified atom stereocenters. The molecule has 0 amide bonds. The largest absolute Gasteiger partial charge is 0.364 e. The molecule has 0 fully saturated rings. The molecule has 1 aromatic carbocycles. The first kappa shape index (κ1) is 12.3. The van der Waals surface area contributed by atoms with Crippen LogP contribution >= 0.6 is 15.9 Å². The molecule has 0 atom stereocenters. The van der Waals surface area contributed by atoms with Crippen LogP contribution in [0.2, 0.25) is 0 Å². The maximum Gasteiger partial charge on any atom is 0.0641 e. The van der Waals surface area contributed by atoms with E-state index in [0.717, 1.165) is 4.47 Å². The number of benzene rings is 1. The lowest BCUT2D eigenvalue weighted by Gasteiger charge is -2.16. The zero-order chi connectivity index (χ0) is 13.2. The van der Waals surface area contributed by atoms with Gasteiger partial charge in [0.15, 0.2) is 0 Å². The van der Waals surface area contributed by atoms with Gasteiger partial charge in [-0.15, -0.1) is 0 Å². The van der Waals surface area contributed by atoms with Crippen LogP contribution in [0.15, 0.2) is 59.3 Å². The molecular formula is C16H15BrN2. The molecule has 3 heteroatoms. The van der Waals surface area contributed by atoms with Crippen molar-refractivity contribution in [2.75, 3.05) is 0 Å². The van der Waals surface area contributed by atoms with Crippen LogP contribution in [0.25, 0.3) is 0 Å². The molecule has 0 aliphatic rings. The number of hydrogen-bond acceptors (Lipinski definition) is 0. The summed E-state index contributed by atoms with van der Waals surface area (Å²) in [6.07, 6.45) is 3.94. The van der Waals surface area contributed by atoms with E-state index < -0.39 is 0 Å². The monoisotopic (exact) mass is 314 g/mol. The highest BCUT2D eigenvalue weighted by molar-refractivity contribution is 9.10. The first-order valence-corrected chi connectivity index (χ1v) is 7.07. The SMILES string of the molecule is Cc1cc(C(c2ccc[nH]2)c2ccc[nH]2)ccc1Br. The minimum atomic E-state index is 0.219. The average Bonchev–Trinajstić information content (AvgIpc) is 3.07. The van der Waals surface area contributed by atoms with Gasteiger partial charge in [-0.25, -0.2) is 0 Å². The Hall–Kier alpha value is -1.74. The van der Waals surface area contributed by atoms with Gasteiger partial charge in [-0.1, -0.05) is 28.1 Å². The summed E-state index contributed by atoms with van der Waals surface area (Å²) in [6, 6.07) is 14.9. The Morgan fingerprint density at radius 2 is 1.58 bits per heavy atom. The van der Waals surface area contributed by atoms with Crippen LogP contribution in [0.4, 0.5) is 0 Å². The molecule has 2 aromatic heterocycles. The van der Waals surface area contributed by atoms with Crippen LogP contribution in [0, 0.1) is 6.92 Å². The van der Waals surface area contributed by atoms with Gasteiger partial charge in [0, 0.05) is 28.3 Å². The molecule has 0 saturated carbocycles. The molecule has 3 aromatic rings. The average molecular weight is 315 g/mol. The zero-order valence-electron chi connectivity index (χ0n) is 10.7. The van der Waals surface area contributed by atoms with Crippen molar-refractivity contribution in [1.29, 1.82) is 0 Å². The number of H-pyrrole nitrogens is 2. The summed E-state index contributed by atoms with van der Waals surface area (Å²) in [7, 11) is 0. The fourth-order valence-electron chi connectivity index (χ4n) is 2.42. The van der Waals surface area contributed by atoms with Crippen molar-refractivity contribution in [2.45, 2.75) is 12.8 Å². The van der Waals surface area contributed by atoms with Crippen LogP contribution < -0.4 is 0 Å². The zero-order valence-corrected chi connectivity index (χ0v) is 12.2. The van der Waals surface area contributed by atoms with Gasteiger partial charge >= 0.3 is 0 Å². The third kappa shape index (κ3) is 2.38. The van der Waals surface area contributed by atoms with Crippen LogP contribution in [-0.4, -0.2) is 9.97 Å². The predicted octanol–water partition coefficient (Wildman–Crippen LogP) is 4.59. The van der Waals surface area contributed by atoms with E-state index in [1.54, 1.807) is 0 Å². The molecule has 0 aliphatic carbocycles. The second-order valence-corrected chi connectivity index (χ2v) is 5.55. The summed E-state index contributed by atoms with van der Waals surface area (Å²) in [5, 5.41) is 0. The molecule has 0 saturated heterocycles. The first-order valence-electron chi connectivity index (χ1n) is 6.28. The highest BCUT2D eigenvalue weighted by Crippen LogP contribution is 2.31. The molecule has 0 bridgehead atoms. The highest BCUT2D eigenvalue weighted by Gasteiger charge is 2.18. The van der Waals surface area contributed by atoms with Gasteiger partial charge in [-0.2, -0.15) is 0 Å². The second kappa shape index (κ2) is 5.10. The fraction of sp³-hybridized carbons (Fsp3) is 0.125. The lowest BCUT2D eigenvalue weighted by atomic mass is 9.92. The van der Waals surface area contributed by atoms with Crippen LogP contribution in [0.5, 0.6) is 0 Å². The van der Waals surface area contributed by atoms with Crippen molar-refractivity contribution in [3.05, 3.63) is 81.8 Å². The van der Waals surface area contributed by atoms with Gasteiger partial charge in [-0.05, 0) is 48.4 Å². The second-order valence-electron chi connectivity index (χ2n) is 4.69. The van der Waals surface area contributed by atoms with Crippen LogP contribution in [0.1, 0.15) is 28.4 Å². The topological polar surface area (TPSA) is 31.6 Å².